The van der Waals surface area contributed by atoms with E-state index >= 15 is 0 Å². The minimum Gasteiger partial charge on any atom is -0.457 e. The van der Waals surface area contributed by atoms with Gasteiger partial charge >= 0.3 is 0 Å². The van der Waals surface area contributed by atoms with Crippen LogP contribution in [0.1, 0.15) is 58.9 Å². The second-order valence-corrected chi connectivity index (χ2v) is 12.6. The molecule has 6 heteroatoms. The van der Waals surface area contributed by atoms with Crippen LogP contribution in [0.25, 0.3) is 0 Å². The summed E-state index contributed by atoms with van der Waals surface area (Å²) in [5.74, 6) is 1.26. The maximum Gasteiger partial charge on any atom is 0.297 e. The number of hydrogen-bond donors (Lipinski definition) is 0. The van der Waals surface area contributed by atoms with E-state index in [1.165, 1.54) is 0 Å². The van der Waals surface area contributed by atoms with Crippen molar-refractivity contribution in [2.45, 2.75) is 45.9 Å². The summed E-state index contributed by atoms with van der Waals surface area (Å²) in [6, 6.07) is 27.6. The standard InChI is InChI=1S/C33H34O5S/c1-23-11-14-27(20-25-13-12-24(2)31(21-25)39(35,36)37-22-33(3,4)5)30(19-23)32(34)26-15-17-29(18-16-26)38-28-9-7-6-8-10-28/h6-19,21H,20,22H2,1-5H3. The van der Waals surface area contributed by atoms with Crippen molar-refractivity contribution in [3.05, 3.63) is 124 Å². The molecule has 4 rings (SSSR count). The van der Waals surface area contributed by atoms with E-state index in [0.29, 0.717) is 28.9 Å². The largest absolute Gasteiger partial charge is 0.457 e. The minimum atomic E-state index is -3.92. The molecule has 39 heavy (non-hydrogen) atoms. The second-order valence-electron chi connectivity index (χ2n) is 11.0. The van der Waals surface area contributed by atoms with Gasteiger partial charge in [-0.1, -0.05) is 68.8 Å². The van der Waals surface area contributed by atoms with Gasteiger partial charge in [-0.2, -0.15) is 8.42 Å². The van der Waals surface area contributed by atoms with Gasteiger partial charge in [0.05, 0.1) is 11.5 Å². The van der Waals surface area contributed by atoms with Gasteiger partial charge in [-0.3, -0.25) is 8.98 Å². The maximum atomic E-state index is 13.6. The van der Waals surface area contributed by atoms with Crippen LogP contribution in [0.15, 0.2) is 95.9 Å². The summed E-state index contributed by atoms with van der Waals surface area (Å²) in [7, 11) is -3.92. The molecule has 0 bridgehead atoms. The van der Waals surface area contributed by atoms with Gasteiger partial charge in [-0.25, -0.2) is 0 Å². The normalized spacial score (nSPS) is 11.8. The summed E-state index contributed by atoms with van der Waals surface area (Å²) < 4.78 is 37.1. The Labute approximate surface area is 231 Å². The van der Waals surface area contributed by atoms with E-state index < -0.39 is 10.1 Å². The highest BCUT2D eigenvalue weighted by Gasteiger charge is 2.23. The smallest absolute Gasteiger partial charge is 0.297 e. The monoisotopic (exact) mass is 542 g/mol. The lowest BCUT2D eigenvalue weighted by Gasteiger charge is -2.18. The molecular weight excluding hydrogens is 508 g/mol. The topological polar surface area (TPSA) is 69.7 Å². The number of rotatable bonds is 9. The predicted molar refractivity (Wildman–Crippen MR) is 154 cm³/mol. The number of hydrogen-bond acceptors (Lipinski definition) is 5. The Morgan fingerprint density at radius 3 is 2.13 bits per heavy atom. The van der Waals surface area contributed by atoms with Gasteiger partial charge in [-0.05, 0) is 90.9 Å². The van der Waals surface area contributed by atoms with Crippen LogP contribution in [0.5, 0.6) is 11.5 Å². The zero-order valence-corrected chi connectivity index (χ0v) is 23.8. The Morgan fingerprint density at radius 1 is 0.795 bits per heavy atom. The van der Waals surface area contributed by atoms with E-state index in [1.807, 2.05) is 82.3 Å². The van der Waals surface area contributed by atoms with Crippen molar-refractivity contribution in [3.8, 4) is 11.5 Å². The molecule has 0 amide bonds. The number of aryl methyl sites for hydroxylation is 2. The zero-order chi connectivity index (χ0) is 28.2. The molecule has 0 aliphatic rings. The van der Waals surface area contributed by atoms with E-state index in [4.69, 9.17) is 8.92 Å². The molecule has 0 aliphatic heterocycles. The lowest BCUT2D eigenvalue weighted by atomic mass is 9.92. The van der Waals surface area contributed by atoms with E-state index in [9.17, 15) is 13.2 Å². The molecule has 0 N–H and O–H groups in total. The fourth-order valence-electron chi connectivity index (χ4n) is 4.07. The van der Waals surface area contributed by atoms with Crippen molar-refractivity contribution in [2.24, 2.45) is 5.41 Å². The molecule has 0 unspecified atom stereocenters. The lowest BCUT2D eigenvalue weighted by Crippen LogP contribution is -2.19. The molecule has 0 heterocycles. The highest BCUT2D eigenvalue weighted by molar-refractivity contribution is 7.86. The van der Waals surface area contributed by atoms with E-state index in [2.05, 4.69) is 0 Å². The first-order valence-electron chi connectivity index (χ1n) is 12.9. The van der Waals surface area contributed by atoms with Crippen LogP contribution in [0.3, 0.4) is 0 Å². The molecule has 0 saturated heterocycles. The van der Waals surface area contributed by atoms with Crippen LogP contribution in [0.4, 0.5) is 0 Å². The maximum absolute atomic E-state index is 13.6. The highest BCUT2D eigenvalue weighted by Crippen LogP contribution is 2.27. The van der Waals surface area contributed by atoms with Crippen molar-refractivity contribution in [3.63, 3.8) is 0 Å². The third-order valence-electron chi connectivity index (χ3n) is 6.17. The molecule has 0 saturated carbocycles. The molecule has 0 spiro atoms. The van der Waals surface area contributed by atoms with Crippen LogP contribution in [-0.2, 0) is 20.7 Å². The fraction of sp³-hybridized carbons (Fsp3) is 0.242. The van der Waals surface area contributed by atoms with Crippen LogP contribution < -0.4 is 4.74 Å². The van der Waals surface area contributed by atoms with E-state index in [0.717, 1.165) is 22.4 Å². The number of carbonyl (C=O) groups is 1. The third-order valence-corrected chi connectivity index (χ3v) is 7.58. The molecule has 0 radical (unpaired) electrons. The third kappa shape index (κ3) is 7.43. The molecular formula is C33H34O5S. The van der Waals surface area contributed by atoms with Crippen LogP contribution in [0, 0.1) is 19.3 Å². The Hall–Kier alpha value is -3.74. The van der Waals surface area contributed by atoms with Crippen LogP contribution in [0.2, 0.25) is 0 Å². The summed E-state index contributed by atoms with van der Waals surface area (Å²) in [6.45, 7) is 9.55. The second kappa shape index (κ2) is 11.6. The first kappa shape index (κ1) is 28.3. The minimum absolute atomic E-state index is 0.0881. The van der Waals surface area contributed by atoms with Crippen LogP contribution >= 0.6 is 0 Å². The molecule has 0 aromatic heterocycles. The van der Waals surface area contributed by atoms with Gasteiger partial charge in [0.25, 0.3) is 10.1 Å². The first-order valence-corrected chi connectivity index (χ1v) is 14.3. The lowest BCUT2D eigenvalue weighted by molar-refractivity contribution is 0.103. The van der Waals surface area contributed by atoms with Gasteiger partial charge in [-0.15, -0.1) is 0 Å². The number of carbonyl (C=O) groups excluding carboxylic acids is 1. The number of para-hydroxylation sites is 1. The van der Waals surface area contributed by atoms with Crippen LogP contribution in [-0.4, -0.2) is 20.8 Å². The first-order chi connectivity index (χ1) is 18.4. The Morgan fingerprint density at radius 2 is 1.46 bits per heavy atom. The number of ether oxygens (including phenoxy) is 1. The average molecular weight is 543 g/mol. The van der Waals surface area contributed by atoms with Crippen molar-refractivity contribution in [2.75, 3.05) is 6.61 Å². The summed E-state index contributed by atoms with van der Waals surface area (Å²) in [4.78, 5) is 13.7. The van der Waals surface area contributed by atoms with Crippen molar-refractivity contribution >= 4 is 15.9 Å². The fourth-order valence-corrected chi connectivity index (χ4v) is 5.47. The molecule has 4 aromatic rings. The predicted octanol–water partition coefficient (Wildman–Crippen LogP) is 7.67. The Bertz CT molecular complexity index is 1570. The van der Waals surface area contributed by atoms with Crippen molar-refractivity contribution in [1.82, 2.24) is 0 Å². The molecule has 0 fully saturated rings. The summed E-state index contributed by atoms with van der Waals surface area (Å²) in [6.07, 6.45) is 0.401. The molecule has 202 valence electrons. The quantitative estimate of drug-likeness (QED) is 0.160. The van der Waals surface area contributed by atoms with Gasteiger partial charge in [0, 0.05) is 11.1 Å². The van der Waals surface area contributed by atoms with Gasteiger partial charge < -0.3 is 4.74 Å². The average Bonchev–Trinajstić information content (AvgIpc) is 2.90. The van der Waals surface area contributed by atoms with Crippen molar-refractivity contribution < 1.29 is 22.1 Å². The zero-order valence-electron chi connectivity index (χ0n) is 23.0. The summed E-state index contributed by atoms with van der Waals surface area (Å²) in [5, 5.41) is 0. The SMILES string of the molecule is Cc1ccc(Cc2ccc(C)c(S(=O)(=O)OCC(C)(C)C)c2)c(C(=O)c2ccc(Oc3ccccc3)cc2)c1. The summed E-state index contributed by atoms with van der Waals surface area (Å²) in [5.41, 5.74) is 4.02. The Balaban J connectivity index is 1.59. The number of ketones is 1. The molecule has 5 nitrogen and oxygen atoms in total. The van der Waals surface area contributed by atoms with E-state index in [-0.39, 0.29) is 22.7 Å². The highest BCUT2D eigenvalue weighted by atomic mass is 32.2. The van der Waals surface area contributed by atoms with Gasteiger partial charge in [0.2, 0.25) is 0 Å². The molecule has 0 aliphatic carbocycles. The molecule has 4 aromatic carbocycles. The van der Waals surface area contributed by atoms with Crippen molar-refractivity contribution in [1.29, 1.82) is 0 Å². The van der Waals surface area contributed by atoms with Gasteiger partial charge in [0.15, 0.2) is 5.78 Å². The van der Waals surface area contributed by atoms with E-state index in [1.54, 1.807) is 43.3 Å². The summed E-state index contributed by atoms with van der Waals surface area (Å²) >= 11 is 0. The van der Waals surface area contributed by atoms with Gasteiger partial charge in [0.1, 0.15) is 11.5 Å². The number of benzene rings is 4. The Kier molecular flexibility index (Phi) is 8.38. The molecule has 0 atom stereocenters.